The van der Waals surface area contributed by atoms with E-state index < -0.39 is 36.6 Å². The fraction of sp³-hybridized carbons (Fsp3) is 0.292. The van der Waals surface area contributed by atoms with E-state index in [1.165, 1.54) is 0 Å². The number of nitrogens with zero attached hydrogens (tertiary/aromatic N) is 2. The quantitative estimate of drug-likeness (QED) is 0.0334. The largest absolute Gasteiger partial charge is 0.447 e. The smallest absolute Gasteiger partial charge is 0.407 e. The standard InChI is InChI=1S/C48H50N6O8/c1-53(27-31-9-5-3-6-10-31)43(23-35-25-49-41-15-13-33(21-39(35)41)19-37-29-59-47(57)51-37)61-45(55)17-18-46(56)62-44(54(2)28-32-11-7-4-8-12-32)24-36-26-50-42-16-14-34(22-40(36)42)20-38-30-60-48(58)52-38/h3-18,21-22,25-26,37-38,43-44,49-50H,19-20,23-24,27-30H2,1-2H3,(H,51,57)(H,52,58)/b18-17-/t37?,38?,43-,44-/m0/s1. The number of hydrogen-bond acceptors (Lipinski definition) is 10. The first-order valence-electron chi connectivity index (χ1n) is 20.7. The zero-order valence-electron chi connectivity index (χ0n) is 34.7. The summed E-state index contributed by atoms with van der Waals surface area (Å²) >= 11 is 0. The molecule has 2 aromatic heterocycles. The molecule has 2 saturated heterocycles. The number of benzene rings is 4. The second kappa shape index (κ2) is 19.2. The van der Waals surface area contributed by atoms with Crippen molar-refractivity contribution >= 4 is 45.9 Å². The lowest BCUT2D eigenvalue weighted by Crippen LogP contribution is -2.37. The molecule has 14 nitrogen and oxygen atoms in total. The van der Waals surface area contributed by atoms with E-state index in [0.29, 0.717) is 52.0 Å². The van der Waals surface area contributed by atoms with Gasteiger partial charge in [0.2, 0.25) is 0 Å². The molecule has 2 fully saturated rings. The Morgan fingerprint density at radius 3 is 1.44 bits per heavy atom. The molecule has 0 spiro atoms. The maximum Gasteiger partial charge on any atom is 0.407 e. The number of esters is 2. The minimum absolute atomic E-state index is 0.108. The Hall–Kier alpha value is -6.90. The van der Waals surface area contributed by atoms with Gasteiger partial charge in [-0.3, -0.25) is 9.80 Å². The van der Waals surface area contributed by atoms with Gasteiger partial charge in [-0.05, 0) is 84.6 Å². The summed E-state index contributed by atoms with van der Waals surface area (Å²) in [6, 6.07) is 31.8. The zero-order chi connectivity index (χ0) is 43.0. The van der Waals surface area contributed by atoms with Gasteiger partial charge in [-0.2, -0.15) is 0 Å². The van der Waals surface area contributed by atoms with Gasteiger partial charge in [-0.15, -0.1) is 0 Å². The maximum atomic E-state index is 13.6. The van der Waals surface area contributed by atoms with E-state index in [1.807, 2.05) is 121 Å². The molecule has 0 aliphatic carbocycles. The first-order valence-corrected chi connectivity index (χ1v) is 20.7. The molecule has 4 aromatic carbocycles. The number of aromatic nitrogens is 2. The Morgan fingerprint density at radius 2 is 1.05 bits per heavy atom. The summed E-state index contributed by atoms with van der Waals surface area (Å²) in [6.07, 6.45) is 5.83. The van der Waals surface area contributed by atoms with Crippen molar-refractivity contribution in [1.82, 2.24) is 30.4 Å². The molecule has 4 atom stereocenters. The lowest BCUT2D eigenvalue weighted by Gasteiger charge is -2.28. The van der Waals surface area contributed by atoms with Gasteiger partial charge in [0.1, 0.15) is 13.2 Å². The molecule has 6 aromatic rings. The van der Waals surface area contributed by atoms with Gasteiger partial charge in [0.05, 0.1) is 12.1 Å². The van der Waals surface area contributed by atoms with E-state index in [4.69, 9.17) is 18.9 Å². The molecule has 0 radical (unpaired) electrons. The number of carbonyl (C=O) groups is 4. The molecule has 14 heteroatoms. The highest BCUT2D eigenvalue weighted by molar-refractivity contribution is 5.92. The molecule has 2 unspecified atom stereocenters. The van der Waals surface area contributed by atoms with E-state index in [0.717, 1.165) is 67.3 Å². The van der Waals surface area contributed by atoms with Crippen molar-refractivity contribution in [1.29, 1.82) is 0 Å². The van der Waals surface area contributed by atoms with Crippen LogP contribution in [0.5, 0.6) is 0 Å². The number of amides is 2. The van der Waals surface area contributed by atoms with E-state index in [2.05, 4.69) is 32.7 Å². The van der Waals surface area contributed by atoms with Crippen LogP contribution in [0.3, 0.4) is 0 Å². The Bertz CT molecular complexity index is 2380. The Balaban J connectivity index is 0.974. The van der Waals surface area contributed by atoms with Crippen molar-refractivity contribution in [2.75, 3.05) is 27.3 Å². The highest BCUT2D eigenvalue weighted by Crippen LogP contribution is 2.26. The molecule has 320 valence electrons. The van der Waals surface area contributed by atoms with E-state index in [1.54, 1.807) is 0 Å². The third kappa shape index (κ3) is 10.7. The Labute approximate surface area is 359 Å². The second-order valence-corrected chi connectivity index (χ2v) is 16.0. The monoisotopic (exact) mass is 838 g/mol. The van der Waals surface area contributed by atoms with Gasteiger partial charge < -0.3 is 39.5 Å². The van der Waals surface area contributed by atoms with Crippen molar-refractivity contribution < 1.29 is 38.1 Å². The number of rotatable bonds is 18. The van der Waals surface area contributed by atoms with Crippen LogP contribution in [0, 0.1) is 0 Å². The van der Waals surface area contributed by atoms with Crippen LogP contribution < -0.4 is 10.6 Å². The predicted molar refractivity (Wildman–Crippen MR) is 233 cm³/mol. The van der Waals surface area contributed by atoms with Gasteiger partial charge in [0.15, 0.2) is 12.5 Å². The number of cyclic esters (lactones) is 2. The second-order valence-electron chi connectivity index (χ2n) is 16.0. The van der Waals surface area contributed by atoms with E-state index in [9.17, 15) is 19.2 Å². The number of alkyl carbamates (subject to hydrolysis) is 2. The topological polar surface area (TPSA) is 167 Å². The first kappa shape index (κ1) is 41.8. The number of hydrogen-bond donors (Lipinski definition) is 4. The third-order valence-electron chi connectivity index (χ3n) is 11.3. The first-order chi connectivity index (χ1) is 30.1. The van der Waals surface area contributed by atoms with Crippen LogP contribution in [0.2, 0.25) is 0 Å². The SMILES string of the molecule is CN(Cc1ccccc1)[C@H](Cc1c[nH]c2ccc(CC3COC(=O)N3)cc12)OC(=O)/C=C\C(=O)O[C@@H](Cc1c[nH]c2ccc(CC3COC(=O)N3)cc12)N(C)Cc1ccccc1. The van der Waals surface area contributed by atoms with E-state index in [-0.39, 0.29) is 12.1 Å². The van der Waals surface area contributed by atoms with Gasteiger partial charge in [-0.1, -0.05) is 72.8 Å². The average Bonchev–Trinajstić information content (AvgIpc) is 4.08. The fourth-order valence-electron chi connectivity index (χ4n) is 8.06. The van der Waals surface area contributed by atoms with Crippen LogP contribution in [-0.2, 0) is 67.3 Å². The lowest BCUT2D eigenvalue weighted by atomic mass is 10.0. The predicted octanol–water partition coefficient (Wildman–Crippen LogP) is 6.30. The van der Waals surface area contributed by atoms with Crippen LogP contribution in [0.25, 0.3) is 21.8 Å². The van der Waals surface area contributed by atoms with Crippen molar-refractivity contribution in [3.8, 4) is 0 Å². The summed E-state index contributed by atoms with van der Waals surface area (Å²) in [7, 11) is 3.79. The van der Waals surface area contributed by atoms with Crippen molar-refractivity contribution in [2.24, 2.45) is 0 Å². The van der Waals surface area contributed by atoms with Gasteiger partial charge in [0, 0.05) is 72.3 Å². The Morgan fingerprint density at radius 1 is 0.629 bits per heavy atom. The number of H-pyrrole nitrogens is 2. The molecule has 2 aliphatic rings. The van der Waals surface area contributed by atoms with Gasteiger partial charge >= 0.3 is 24.1 Å². The summed E-state index contributed by atoms with van der Waals surface area (Å²) in [5.74, 6) is -1.38. The highest BCUT2D eigenvalue weighted by Gasteiger charge is 2.26. The molecule has 4 heterocycles. The molecule has 8 rings (SSSR count). The van der Waals surface area contributed by atoms with Gasteiger partial charge in [-0.25, -0.2) is 19.2 Å². The summed E-state index contributed by atoms with van der Waals surface area (Å²) < 4.78 is 22.4. The van der Waals surface area contributed by atoms with Crippen molar-refractivity contribution in [3.05, 3.63) is 155 Å². The zero-order valence-corrected chi connectivity index (χ0v) is 34.7. The number of aromatic amines is 2. The highest BCUT2D eigenvalue weighted by atomic mass is 16.6. The molecule has 4 N–H and O–H groups in total. The lowest BCUT2D eigenvalue weighted by molar-refractivity contribution is -0.155. The minimum Gasteiger partial charge on any atom is -0.447 e. The van der Waals surface area contributed by atoms with Crippen LogP contribution in [0.15, 0.2) is 122 Å². The van der Waals surface area contributed by atoms with Crippen LogP contribution in [0.4, 0.5) is 9.59 Å². The normalized spacial score (nSPS) is 17.3. The average molecular weight is 839 g/mol. The summed E-state index contributed by atoms with van der Waals surface area (Å²) in [6.45, 7) is 1.65. The molecule has 0 bridgehead atoms. The molecule has 0 saturated carbocycles. The third-order valence-corrected chi connectivity index (χ3v) is 11.3. The summed E-state index contributed by atoms with van der Waals surface area (Å²) in [5, 5.41) is 7.63. The molecule has 2 amide bonds. The maximum absolute atomic E-state index is 13.6. The van der Waals surface area contributed by atoms with E-state index >= 15 is 0 Å². The van der Waals surface area contributed by atoms with Crippen LogP contribution >= 0.6 is 0 Å². The molecular weight excluding hydrogens is 789 g/mol. The molecule has 62 heavy (non-hydrogen) atoms. The van der Waals surface area contributed by atoms with Crippen LogP contribution in [-0.4, -0.2) is 95.7 Å². The number of nitrogens with one attached hydrogen (secondary N) is 4. The van der Waals surface area contributed by atoms with Gasteiger partial charge in [0.25, 0.3) is 0 Å². The number of carbonyl (C=O) groups excluding carboxylic acids is 4. The fourth-order valence-corrected chi connectivity index (χ4v) is 8.06. The van der Waals surface area contributed by atoms with Crippen molar-refractivity contribution in [2.45, 2.75) is 63.3 Å². The summed E-state index contributed by atoms with van der Waals surface area (Å²) in [5.41, 5.74) is 7.93. The summed E-state index contributed by atoms with van der Waals surface area (Å²) in [4.78, 5) is 61.0. The van der Waals surface area contributed by atoms with Crippen molar-refractivity contribution in [3.63, 3.8) is 0 Å². The number of fused-ring (bicyclic) bond motifs is 2. The van der Waals surface area contributed by atoms with Crippen LogP contribution in [0.1, 0.15) is 33.4 Å². The molecular formula is C48H50N6O8. The molecule has 2 aliphatic heterocycles. The number of likely N-dealkylation sites (N-methyl/N-ethyl adjacent to an activating group) is 2. The Kier molecular flexibility index (Phi) is 13.0. The minimum atomic E-state index is -0.692. The number of ether oxygens (including phenoxy) is 4.